The van der Waals surface area contributed by atoms with Gasteiger partial charge in [0, 0.05) is 5.57 Å². The molecule has 0 spiro atoms. The van der Waals surface area contributed by atoms with Crippen molar-refractivity contribution in [3.63, 3.8) is 0 Å². The highest BCUT2D eigenvalue weighted by Gasteiger charge is 2.63. The molecule has 10 heteroatoms. The maximum atomic E-state index is 12.4. The zero-order valence-electron chi connectivity index (χ0n) is 16.2. The van der Waals surface area contributed by atoms with Crippen LogP contribution in [0.1, 0.15) is 27.2 Å². The highest BCUT2D eigenvalue weighted by atomic mass is 16.6. The third-order valence-electron chi connectivity index (χ3n) is 4.74. The number of hydrogen-bond donors (Lipinski definition) is 6. The van der Waals surface area contributed by atoms with Gasteiger partial charge in [-0.3, -0.25) is 9.59 Å². The number of hydrogen-bond acceptors (Lipinski definition) is 10. The molecule has 29 heavy (non-hydrogen) atoms. The van der Waals surface area contributed by atoms with E-state index in [4.69, 9.17) is 9.47 Å². The standard InChI is InChI=1S/C19H26O10/c1-9(20)6-15(24)29-16-18(3,26)14(23)8-11-7-12(4-5-13(22)10(2)21)28-17(25)19(11,16)27/h4-5,7-10,13,16-17,20-22,25-27H,6H2,1-3H3/t9-,10?,13?,16+,17-,18-,19+/m1/s1. The Morgan fingerprint density at radius 1 is 1.28 bits per heavy atom. The van der Waals surface area contributed by atoms with Crippen LogP contribution >= 0.6 is 0 Å². The number of aliphatic hydroxyl groups excluding tert-OH is 4. The number of ketones is 1. The van der Waals surface area contributed by atoms with Gasteiger partial charge in [-0.2, -0.15) is 0 Å². The topological polar surface area (TPSA) is 174 Å². The Kier molecular flexibility index (Phi) is 6.68. The number of carbonyl (C=O) groups is 2. The lowest BCUT2D eigenvalue weighted by molar-refractivity contribution is -0.255. The van der Waals surface area contributed by atoms with Gasteiger partial charge in [0.05, 0.1) is 24.7 Å². The van der Waals surface area contributed by atoms with Crippen LogP contribution in [0.2, 0.25) is 0 Å². The number of allylic oxidation sites excluding steroid dienone is 1. The van der Waals surface area contributed by atoms with Crippen molar-refractivity contribution in [2.24, 2.45) is 0 Å². The second kappa shape index (κ2) is 8.34. The predicted octanol–water partition coefficient (Wildman–Crippen LogP) is -1.81. The van der Waals surface area contributed by atoms with Gasteiger partial charge >= 0.3 is 5.97 Å². The van der Waals surface area contributed by atoms with Crippen LogP contribution in [-0.4, -0.2) is 84.3 Å². The van der Waals surface area contributed by atoms with Crippen LogP contribution in [0, 0.1) is 0 Å². The van der Waals surface area contributed by atoms with Crippen LogP contribution in [0.4, 0.5) is 0 Å². The molecule has 2 rings (SSSR count). The Hall–Kier alpha value is -2.08. The van der Waals surface area contributed by atoms with Crippen LogP contribution in [0.5, 0.6) is 0 Å². The van der Waals surface area contributed by atoms with Crippen molar-refractivity contribution in [1.82, 2.24) is 0 Å². The second-order valence-corrected chi connectivity index (χ2v) is 7.47. The van der Waals surface area contributed by atoms with Gasteiger partial charge in [-0.25, -0.2) is 0 Å². The Balaban J connectivity index is 2.43. The fourth-order valence-corrected chi connectivity index (χ4v) is 3.01. The van der Waals surface area contributed by atoms with E-state index in [0.29, 0.717) is 0 Å². The fraction of sp³-hybridized carbons (Fsp3) is 0.579. The summed E-state index contributed by atoms with van der Waals surface area (Å²) in [6.45, 7) is 3.70. The Bertz CT molecular complexity index is 748. The molecule has 1 aliphatic carbocycles. The molecule has 0 aromatic heterocycles. The summed E-state index contributed by atoms with van der Waals surface area (Å²) >= 11 is 0. The second-order valence-electron chi connectivity index (χ2n) is 7.47. The molecule has 0 fully saturated rings. The van der Waals surface area contributed by atoms with Crippen molar-refractivity contribution in [1.29, 1.82) is 0 Å². The number of esters is 1. The number of aliphatic hydroxyl groups is 6. The average Bonchev–Trinajstić information content (AvgIpc) is 2.59. The number of rotatable bonds is 6. The van der Waals surface area contributed by atoms with Gasteiger partial charge in [0.25, 0.3) is 0 Å². The third kappa shape index (κ3) is 4.58. The number of ether oxygens (including phenoxy) is 2. The smallest absolute Gasteiger partial charge is 0.308 e. The van der Waals surface area contributed by atoms with Crippen LogP contribution in [-0.2, 0) is 19.1 Å². The van der Waals surface area contributed by atoms with E-state index in [1.54, 1.807) is 0 Å². The van der Waals surface area contributed by atoms with E-state index < -0.39 is 60.1 Å². The molecule has 0 saturated carbocycles. The van der Waals surface area contributed by atoms with Gasteiger partial charge in [-0.15, -0.1) is 0 Å². The zero-order chi connectivity index (χ0) is 22.1. The molecule has 2 unspecified atom stereocenters. The molecule has 1 heterocycles. The van der Waals surface area contributed by atoms with Gasteiger partial charge < -0.3 is 40.1 Å². The molecule has 0 amide bonds. The molecule has 6 N–H and O–H groups in total. The highest BCUT2D eigenvalue weighted by Crippen LogP contribution is 2.43. The highest BCUT2D eigenvalue weighted by molar-refractivity contribution is 6.00. The van der Waals surface area contributed by atoms with E-state index in [-0.39, 0.29) is 11.3 Å². The summed E-state index contributed by atoms with van der Waals surface area (Å²) in [7, 11) is 0. The molecule has 0 aromatic carbocycles. The molecule has 1 aliphatic heterocycles. The summed E-state index contributed by atoms with van der Waals surface area (Å²) in [5.74, 6) is -1.95. The Morgan fingerprint density at radius 2 is 1.90 bits per heavy atom. The predicted molar refractivity (Wildman–Crippen MR) is 96.8 cm³/mol. The average molecular weight is 414 g/mol. The minimum Gasteiger partial charge on any atom is -0.461 e. The van der Waals surface area contributed by atoms with Crippen LogP contribution in [0.25, 0.3) is 0 Å². The summed E-state index contributed by atoms with van der Waals surface area (Å²) in [5, 5.41) is 60.3. The van der Waals surface area contributed by atoms with Crippen molar-refractivity contribution in [3.8, 4) is 0 Å². The van der Waals surface area contributed by atoms with Crippen LogP contribution in [0.15, 0.2) is 35.6 Å². The van der Waals surface area contributed by atoms with Crippen molar-refractivity contribution < 1.29 is 49.7 Å². The molecule has 0 radical (unpaired) electrons. The number of fused-ring (bicyclic) bond motifs is 1. The van der Waals surface area contributed by atoms with E-state index in [0.717, 1.165) is 13.0 Å². The SMILES string of the molecule is CC(O)C(O)C=CC1=CC2=CC(=O)[C@@](C)(O)[C@H](OC(=O)C[C@@H](C)O)[C@]2(O)[C@H](O)O1. The lowest BCUT2D eigenvalue weighted by atomic mass is 9.70. The van der Waals surface area contributed by atoms with E-state index in [1.165, 1.54) is 32.1 Å². The Morgan fingerprint density at radius 3 is 2.45 bits per heavy atom. The summed E-state index contributed by atoms with van der Waals surface area (Å²) in [5.41, 5.74) is -5.04. The number of carbonyl (C=O) groups excluding carboxylic acids is 2. The molecule has 10 nitrogen and oxygen atoms in total. The molecular weight excluding hydrogens is 388 g/mol. The minimum atomic E-state index is -2.48. The molecule has 7 atom stereocenters. The molecule has 0 bridgehead atoms. The first-order valence-electron chi connectivity index (χ1n) is 8.99. The van der Waals surface area contributed by atoms with Crippen LogP contribution in [0.3, 0.4) is 0 Å². The summed E-state index contributed by atoms with van der Waals surface area (Å²) < 4.78 is 10.3. The minimum absolute atomic E-state index is 0.0588. The quantitative estimate of drug-likeness (QED) is 0.272. The molecule has 162 valence electrons. The summed E-state index contributed by atoms with van der Waals surface area (Å²) in [4.78, 5) is 24.4. The maximum Gasteiger partial charge on any atom is 0.308 e. The van der Waals surface area contributed by atoms with Crippen molar-refractivity contribution in [3.05, 3.63) is 35.6 Å². The lowest BCUT2D eigenvalue weighted by Crippen LogP contribution is -2.69. The molecule has 2 aliphatic rings. The van der Waals surface area contributed by atoms with Gasteiger partial charge in [0.15, 0.2) is 23.1 Å². The molecule has 0 saturated heterocycles. The van der Waals surface area contributed by atoms with E-state index >= 15 is 0 Å². The third-order valence-corrected chi connectivity index (χ3v) is 4.74. The fourth-order valence-electron chi connectivity index (χ4n) is 3.01. The normalized spacial score (nSPS) is 35.1. The van der Waals surface area contributed by atoms with Crippen molar-refractivity contribution in [2.45, 2.75) is 69.1 Å². The first kappa shape index (κ1) is 23.2. The monoisotopic (exact) mass is 414 g/mol. The summed E-state index contributed by atoms with van der Waals surface area (Å²) in [6.07, 6.45) is -3.35. The van der Waals surface area contributed by atoms with Crippen LogP contribution < -0.4 is 0 Å². The van der Waals surface area contributed by atoms with Gasteiger partial charge in [0.1, 0.15) is 5.76 Å². The largest absolute Gasteiger partial charge is 0.461 e. The van der Waals surface area contributed by atoms with E-state index in [9.17, 15) is 40.2 Å². The van der Waals surface area contributed by atoms with E-state index in [1.807, 2.05) is 0 Å². The maximum absolute atomic E-state index is 12.4. The van der Waals surface area contributed by atoms with E-state index in [2.05, 4.69) is 0 Å². The van der Waals surface area contributed by atoms with Gasteiger partial charge in [-0.1, -0.05) is 0 Å². The zero-order valence-corrected chi connectivity index (χ0v) is 16.2. The lowest BCUT2D eigenvalue weighted by Gasteiger charge is -2.48. The van der Waals surface area contributed by atoms with Crippen molar-refractivity contribution >= 4 is 11.8 Å². The van der Waals surface area contributed by atoms with Gasteiger partial charge in [-0.05, 0) is 45.1 Å². The summed E-state index contributed by atoms with van der Waals surface area (Å²) in [6, 6.07) is 0. The first-order chi connectivity index (χ1) is 13.3. The molecular formula is C19H26O10. The van der Waals surface area contributed by atoms with Gasteiger partial charge in [0.2, 0.25) is 6.29 Å². The van der Waals surface area contributed by atoms with Crippen molar-refractivity contribution in [2.75, 3.05) is 0 Å². The Labute approximate surface area is 167 Å². The molecule has 0 aromatic rings. The first-order valence-corrected chi connectivity index (χ1v) is 8.99.